The molecule has 2 rings (SSSR count). The lowest BCUT2D eigenvalue weighted by Gasteiger charge is -2.12. The first-order valence-electron chi connectivity index (χ1n) is 4.84. The fraction of sp³-hybridized carbons (Fsp3) is 0.417. The minimum absolute atomic E-state index is 0.153. The minimum atomic E-state index is -0.353. The zero-order chi connectivity index (χ0) is 10.3. The summed E-state index contributed by atoms with van der Waals surface area (Å²) in [4.78, 5) is 11.4. The maximum atomic E-state index is 13.3. The molecule has 1 nitrogen and oxygen atoms in total. The van der Waals surface area contributed by atoms with E-state index in [1.165, 1.54) is 6.07 Å². The van der Waals surface area contributed by atoms with Crippen molar-refractivity contribution >= 4 is 5.78 Å². The Bertz CT molecular complexity index is 391. The molecule has 1 fully saturated rings. The van der Waals surface area contributed by atoms with Crippen molar-refractivity contribution in [3.63, 3.8) is 0 Å². The smallest absolute Gasteiger partial charge is 0.140 e. The lowest BCUT2D eigenvalue weighted by molar-refractivity contribution is -0.119. The molecule has 1 aliphatic rings. The molecular formula is C12H13FO. The van der Waals surface area contributed by atoms with Gasteiger partial charge in [0.05, 0.1) is 5.41 Å². The molecule has 0 aromatic heterocycles. The van der Waals surface area contributed by atoms with E-state index < -0.39 is 0 Å². The van der Waals surface area contributed by atoms with Gasteiger partial charge in [0.25, 0.3) is 0 Å². The van der Waals surface area contributed by atoms with Crippen molar-refractivity contribution in [1.82, 2.24) is 0 Å². The SMILES string of the molecule is CC(=O)C1(c2ccc(C)c(F)c2)CC1. The lowest BCUT2D eigenvalue weighted by Crippen LogP contribution is -2.17. The van der Waals surface area contributed by atoms with Crippen molar-refractivity contribution in [2.45, 2.75) is 32.1 Å². The highest BCUT2D eigenvalue weighted by Gasteiger charge is 2.48. The Balaban J connectivity index is 2.43. The number of aryl methyl sites for hydroxylation is 1. The number of carbonyl (C=O) groups is 1. The van der Waals surface area contributed by atoms with Gasteiger partial charge in [0, 0.05) is 0 Å². The standard InChI is InChI=1S/C12H13FO/c1-8-3-4-10(7-11(8)13)12(5-6-12)9(2)14/h3-4,7H,5-6H2,1-2H3. The van der Waals surface area contributed by atoms with Crippen LogP contribution in [-0.2, 0) is 10.2 Å². The second-order valence-electron chi connectivity index (χ2n) is 4.10. The van der Waals surface area contributed by atoms with Crippen LogP contribution < -0.4 is 0 Å². The largest absolute Gasteiger partial charge is 0.299 e. The zero-order valence-electron chi connectivity index (χ0n) is 8.43. The van der Waals surface area contributed by atoms with Crippen molar-refractivity contribution in [2.24, 2.45) is 0 Å². The molecule has 0 atom stereocenters. The molecule has 1 saturated carbocycles. The first-order chi connectivity index (χ1) is 6.56. The van der Waals surface area contributed by atoms with Crippen LogP contribution in [0.15, 0.2) is 18.2 Å². The molecular weight excluding hydrogens is 179 g/mol. The summed E-state index contributed by atoms with van der Waals surface area (Å²) in [7, 11) is 0. The summed E-state index contributed by atoms with van der Waals surface area (Å²) in [6, 6.07) is 5.12. The number of rotatable bonds is 2. The van der Waals surface area contributed by atoms with Crippen LogP contribution in [0.5, 0.6) is 0 Å². The highest BCUT2D eigenvalue weighted by Crippen LogP contribution is 2.49. The van der Waals surface area contributed by atoms with E-state index in [2.05, 4.69) is 0 Å². The molecule has 1 aromatic carbocycles. The van der Waals surface area contributed by atoms with Crippen LogP contribution >= 0.6 is 0 Å². The van der Waals surface area contributed by atoms with Gasteiger partial charge in [-0.15, -0.1) is 0 Å². The van der Waals surface area contributed by atoms with E-state index in [0.29, 0.717) is 5.56 Å². The Morgan fingerprint density at radius 2 is 2.07 bits per heavy atom. The number of ketones is 1. The molecule has 0 unspecified atom stereocenters. The second kappa shape index (κ2) is 2.91. The number of carbonyl (C=O) groups excluding carboxylic acids is 1. The topological polar surface area (TPSA) is 17.1 Å². The van der Waals surface area contributed by atoms with E-state index in [1.807, 2.05) is 6.07 Å². The Hall–Kier alpha value is -1.18. The minimum Gasteiger partial charge on any atom is -0.299 e. The van der Waals surface area contributed by atoms with Gasteiger partial charge < -0.3 is 0 Å². The van der Waals surface area contributed by atoms with Crippen molar-refractivity contribution in [3.05, 3.63) is 35.1 Å². The van der Waals surface area contributed by atoms with Gasteiger partial charge in [-0.05, 0) is 43.9 Å². The van der Waals surface area contributed by atoms with Crippen LogP contribution in [0.4, 0.5) is 4.39 Å². The average molecular weight is 192 g/mol. The van der Waals surface area contributed by atoms with Crippen molar-refractivity contribution in [3.8, 4) is 0 Å². The van der Waals surface area contributed by atoms with E-state index in [1.54, 1.807) is 19.9 Å². The molecule has 0 heterocycles. The predicted molar refractivity (Wildman–Crippen MR) is 52.7 cm³/mol. The van der Waals surface area contributed by atoms with Crippen molar-refractivity contribution < 1.29 is 9.18 Å². The summed E-state index contributed by atoms with van der Waals surface area (Å²) in [6.07, 6.45) is 1.73. The Kier molecular flexibility index (Phi) is 1.95. The van der Waals surface area contributed by atoms with E-state index in [-0.39, 0.29) is 17.0 Å². The Labute approximate surface area is 82.9 Å². The number of Topliss-reactive ketones (excluding diaryl/α,β-unsaturated/α-hetero) is 1. The normalized spacial score (nSPS) is 17.9. The number of hydrogen-bond acceptors (Lipinski definition) is 1. The number of hydrogen-bond donors (Lipinski definition) is 0. The third kappa shape index (κ3) is 1.26. The predicted octanol–water partition coefficient (Wildman–Crippen LogP) is 2.75. The molecule has 1 aromatic rings. The Morgan fingerprint density at radius 3 is 2.50 bits per heavy atom. The van der Waals surface area contributed by atoms with Crippen LogP contribution in [0.1, 0.15) is 30.9 Å². The van der Waals surface area contributed by atoms with E-state index >= 15 is 0 Å². The van der Waals surface area contributed by atoms with Crippen LogP contribution in [0.2, 0.25) is 0 Å². The van der Waals surface area contributed by atoms with E-state index in [0.717, 1.165) is 18.4 Å². The maximum Gasteiger partial charge on any atom is 0.140 e. The average Bonchev–Trinajstić information content (AvgIpc) is 2.90. The van der Waals surface area contributed by atoms with Crippen LogP contribution in [0.25, 0.3) is 0 Å². The van der Waals surface area contributed by atoms with Crippen LogP contribution in [0.3, 0.4) is 0 Å². The molecule has 0 aliphatic heterocycles. The summed E-state index contributed by atoms with van der Waals surface area (Å²) in [5.41, 5.74) is 1.12. The lowest BCUT2D eigenvalue weighted by atomic mass is 9.91. The van der Waals surface area contributed by atoms with Gasteiger partial charge in [-0.1, -0.05) is 12.1 Å². The molecule has 14 heavy (non-hydrogen) atoms. The third-order valence-corrected chi connectivity index (χ3v) is 3.15. The molecule has 1 aliphatic carbocycles. The van der Waals surface area contributed by atoms with Crippen molar-refractivity contribution in [1.29, 1.82) is 0 Å². The second-order valence-corrected chi connectivity index (χ2v) is 4.10. The molecule has 0 spiro atoms. The fourth-order valence-electron chi connectivity index (χ4n) is 1.86. The molecule has 0 amide bonds. The Morgan fingerprint density at radius 1 is 1.43 bits per heavy atom. The summed E-state index contributed by atoms with van der Waals surface area (Å²) in [5, 5.41) is 0. The van der Waals surface area contributed by atoms with E-state index in [4.69, 9.17) is 0 Å². The van der Waals surface area contributed by atoms with Gasteiger partial charge in [0.2, 0.25) is 0 Å². The number of halogens is 1. The van der Waals surface area contributed by atoms with Gasteiger partial charge in [-0.3, -0.25) is 4.79 Å². The number of benzene rings is 1. The highest BCUT2D eigenvalue weighted by molar-refractivity contribution is 5.91. The summed E-state index contributed by atoms with van der Waals surface area (Å²) in [6.45, 7) is 3.32. The summed E-state index contributed by atoms with van der Waals surface area (Å²) >= 11 is 0. The molecule has 0 radical (unpaired) electrons. The monoisotopic (exact) mass is 192 g/mol. The summed E-state index contributed by atoms with van der Waals surface area (Å²) < 4.78 is 13.3. The van der Waals surface area contributed by atoms with Gasteiger partial charge in [0.1, 0.15) is 11.6 Å². The third-order valence-electron chi connectivity index (χ3n) is 3.15. The molecule has 74 valence electrons. The van der Waals surface area contributed by atoms with Gasteiger partial charge in [-0.25, -0.2) is 4.39 Å². The van der Waals surface area contributed by atoms with Crippen molar-refractivity contribution in [2.75, 3.05) is 0 Å². The quantitative estimate of drug-likeness (QED) is 0.704. The van der Waals surface area contributed by atoms with Gasteiger partial charge >= 0.3 is 0 Å². The fourth-order valence-corrected chi connectivity index (χ4v) is 1.86. The van der Waals surface area contributed by atoms with Gasteiger partial charge in [0.15, 0.2) is 0 Å². The zero-order valence-corrected chi connectivity index (χ0v) is 8.43. The van der Waals surface area contributed by atoms with Gasteiger partial charge in [-0.2, -0.15) is 0 Å². The van der Waals surface area contributed by atoms with E-state index in [9.17, 15) is 9.18 Å². The molecule has 2 heteroatoms. The maximum absolute atomic E-state index is 13.3. The molecule has 0 N–H and O–H groups in total. The highest BCUT2D eigenvalue weighted by atomic mass is 19.1. The first-order valence-corrected chi connectivity index (χ1v) is 4.84. The first kappa shape index (κ1) is 9.38. The summed E-state index contributed by atoms with van der Waals surface area (Å²) in [5.74, 6) is -0.0595. The van der Waals surface area contributed by atoms with Crippen LogP contribution in [-0.4, -0.2) is 5.78 Å². The van der Waals surface area contributed by atoms with Crippen LogP contribution in [0, 0.1) is 12.7 Å². The molecule has 0 saturated heterocycles. The molecule has 0 bridgehead atoms.